The van der Waals surface area contributed by atoms with Gasteiger partial charge in [0.2, 0.25) is 0 Å². The molecule has 0 bridgehead atoms. The maximum absolute atomic E-state index is 11.4. The van der Waals surface area contributed by atoms with Crippen LogP contribution in [0.2, 0.25) is 0 Å². The van der Waals surface area contributed by atoms with Gasteiger partial charge >= 0.3 is 0 Å². The minimum atomic E-state index is -3.07. The van der Waals surface area contributed by atoms with Gasteiger partial charge in [0.1, 0.15) is 0 Å². The number of benzene rings is 1. The van der Waals surface area contributed by atoms with Crippen molar-refractivity contribution in [3.05, 3.63) is 29.8 Å². The van der Waals surface area contributed by atoms with Crippen LogP contribution in [-0.4, -0.2) is 39.2 Å². The Labute approximate surface area is 116 Å². The van der Waals surface area contributed by atoms with E-state index in [1.807, 2.05) is 12.1 Å². The van der Waals surface area contributed by atoms with Gasteiger partial charge in [0.25, 0.3) is 0 Å². The minimum absolute atomic E-state index is 0.408. The number of piperidine rings is 1. The van der Waals surface area contributed by atoms with Crippen LogP contribution in [0.25, 0.3) is 0 Å². The summed E-state index contributed by atoms with van der Waals surface area (Å²) in [7, 11) is -0.867. The van der Waals surface area contributed by atoms with Gasteiger partial charge < -0.3 is 4.90 Å². The van der Waals surface area contributed by atoms with Crippen molar-refractivity contribution in [2.75, 3.05) is 19.8 Å². The van der Waals surface area contributed by atoms with Gasteiger partial charge in [-0.2, -0.15) is 0 Å². The molecule has 0 saturated carbocycles. The number of sulfone groups is 1. The molecule has 106 valence electrons. The molecule has 0 amide bonds. The summed E-state index contributed by atoms with van der Waals surface area (Å²) in [6, 6.07) is 8.01. The Balaban J connectivity index is 1.93. The Kier molecular flexibility index (Phi) is 4.63. The average Bonchev–Trinajstić information content (AvgIpc) is 2.37. The monoisotopic (exact) mass is 281 g/mol. The number of nitrogens with zero attached hydrogens (tertiary/aromatic N) is 1. The van der Waals surface area contributed by atoms with Crippen molar-refractivity contribution in [2.24, 2.45) is 0 Å². The highest BCUT2D eigenvalue weighted by Crippen LogP contribution is 2.20. The third-order valence-corrected chi connectivity index (χ3v) is 5.17. The molecule has 0 aliphatic carbocycles. The summed E-state index contributed by atoms with van der Waals surface area (Å²) in [6.07, 6.45) is 7.38. The first-order valence-electron chi connectivity index (χ1n) is 6.96. The lowest BCUT2D eigenvalue weighted by Gasteiger charge is -2.32. The summed E-state index contributed by atoms with van der Waals surface area (Å²) in [5, 5.41) is 0. The van der Waals surface area contributed by atoms with E-state index >= 15 is 0 Å². The Hall–Kier alpha value is -0.870. The molecule has 0 unspecified atom stereocenters. The smallest absolute Gasteiger partial charge is 0.175 e. The number of hydrogen-bond acceptors (Lipinski definition) is 3. The fourth-order valence-corrected chi connectivity index (χ4v) is 3.38. The van der Waals surface area contributed by atoms with E-state index in [-0.39, 0.29) is 0 Å². The van der Waals surface area contributed by atoms with E-state index in [1.54, 1.807) is 12.1 Å². The third-order valence-electron chi connectivity index (χ3n) is 4.04. The Bertz CT molecular complexity index is 507. The number of aryl methyl sites for hydroxylation is 1. The van der Waals surface area contributed by atoms with Gasteiger partial charge in [-0.15, -0.1) is 0 Å². The SMILES string of the molecule is CN1CCCC[C@@H]1CCc1ccc(S(C)(=O)=O)cc1. The molecule has 1 atom stereocenters. The normalized spacial score (nSPS) is 21.5. The van der Waals surface area contributed by atoms with Crippen LogP contribution in [0, 0.1) is 0 Å². The van der Waals surface area contributed by atoms with Gasteiger partial charge in [-0.25, -0.2) is 8.42 Å². The molecule has 0 radical (unpaired) electrons. The largest absolute Gasteiger partial charge is 0.303 e. The lowest BCUT2D eigenvalue weighted by molar-refractivity contribution is 0.176. The predicted octanol–water partition coefficient (Wildman–Crippen LogP) is 2.51. The molecule has 2 rings (SSSR count). The van der Waals surface area contributed by atoms with E-state index in [4.69, 9.17) is 0 Å². The van der Waals surface area contributed by atoms with Gasteiger partial charge in [-0.1, -0.05) is 18.6 Å². The first kappa shape index (κ1) is 14.5. The van der Waals surface area contributed by atoms with Gasteiger partial charge in [0.05, 0.1) is 4.90 Å². The van der Waals surface area contributed by atoms with E-state index in [1.165, 1.54) is 37.6 Å². The van der Waals surface area contributed by atoms with Gasteiger partial charge in [0, 0.05) is 12.3 Å². The van der Waals surface area contributed by atoms with E-state index in [9.17, 15) is 8.42 Å². The maximum Gasteiger partial charge on any atom is 0.175 e. The molecule has 1 aromatic rings. The molecule has 1 aliphatic heterocycles. The summed E-state index contributed by atoms with van der Waals surface area (Å²) >= 11 is 0. The molecule has 0 aromatic heterocycles. The van der Waals surface area contributed by atoms with Crippen molar-refractivity contribution < 1.29 is 8.42 Å². The Morgan fingerprint density at radius 3 is 2.47 bits per heavy atom. The van der Waals surface area contributed by atoms with Gasteiger partial charge in [-0.3, -0.25) is 0 Å². The van der Waals surface area contributed by atoms with Gasteiger partial charge in [-0.05, 0) is 57.0 Å². The molecular formula is C15H23NO2S. The number of hydrogen-bond donors (Lipinski definition) is 0. The molecule has 3 nitrogen and oxygen atoms in total. The topological polar surface area (TPSA) is 37.4 Å². The van der Waals surface area contributed by atoms with Crippen LogP contribution in [0.5, 0.6) is 0 Å². The Morgan fingerprint density at radius 2 is 1.89 bits per heavy atom. The standard InChI is InChI=1S/C15H23NO2S/c1-16-12-4-3-5-14(16)9-6-13-7-10-15(11-8-13)19(2,17)18/h7-8,10-11,14H,3-6,9,12H2,1-2H3/t14-/m1/s1. The molecule has 1 aromatic carbocycles. The van der Waals surface area contributed by atoms with Crippen LogP contribution in [0.4, 0.5) is 0 Å². The molecule has 4 heteroatoms. The lowest BCUT2D eigenvalue weighted by Crippen LogP contribution is -2.36. The van der Waals surface area contributed by atoms with Crippen molar-refractivity contribution in [1.82, 2.24) is 4.90 Å². The molecule has 1 fully saturated rings. The zero-order valence-electron chi connectivity index (χ0n) is 11.8. The van der Waals surface area contributed by atoms with Crippen molar-refractivity contribution in [1.29, 1.82) is 0 Å². The van der Waals surface area contributed by atoms with E-state index in [0.717, 1.165) is 12.8 Å². The van der Waals surface area contributed by atoms with E-state index < -0.39 is 9.84 Å². The van der Waals surface area contributed by atoms with Gasteiger partial charge in [0.15, 0.2) is 9.84 Å². The molecule has 1 saturated heterocycles. The highest BCUT2D eigenvalue weighted by atomic mass is 32.2. The van der Waals surface area contributed by atoms with Crippen LogP contribution < -0.4 is 0 Å². The second-order valence-electron chi connectivity index (χ2n) is 5.59. The highest BCUT2D eigenvalue weighted by Gasteiger charge is 2.18. The second kappa shape index (κ2) is 6.06. The number of likely N-dealkylation sites (tertiary alicyclic amines) is 1. The van der Waals surface area contributed by atoms with Crippen LogP contribution in [-0.2, 0) is 16.3 Å². The van der Waals surface area contributed by atoms with Crippen molar-refractivity contribution >= 4 is 9.84 Å². The summed E-state index contributed by atoms with van der Waals surface area (Å²) in [5.74, 6) is 0. The van der Waals surface area contributed by atoms with Crippen LogP contribution >= 0.6 is 0 Å². The zero-order chi connectivity index (χ0) is 13.9. The lowest BCUT2D eigenvalue weighted by atomic mass is 9.96. The van der Waals surface area contributed by atoms with E-state index in [0.29, 0.717) is 10.9 Å². The molecular weight excluding hydrogens is 258 g/mol. The molecule has 0 spiro atoms. The molecule has 1 aliphatic rings. The zero-order valence-corrected chi connectivity index (χ0v) is 12.6. The predicted molar refractivity (Wildman–Crippen MR) is 78.1 cm³/mol. The van der Waals surface area contributed by atoms with Crippen LogP contribution in [0.15, 0.2) is 29.2 Å². The fourth-order valence-electron chi connectivity index (χ4n) is 2.75. The van der Waals surface area contributed by atoms with E-state index in [2.05, 4.69) is 11.9 Å². The second-order valence-corrected chi connectivity index (χ2v) is 7.60. The fraction of sp³-hybridized carbons (Fsp3) is 0.600. The minimum Gasteiger partial charge on any atom is -0.303 e. The molecule has 19 heavy (non-hydrogen) atoms. The van der Waals surface area contributed by atoms with Crippen LogP contribution in [0.3, 0.4) is 0 Å². The quantitative estimate of drug-likeness (QED) is 0.851. The highest BCUT2D eigenvalue weighted by molar-refractivity contribution is 7.90. The van der Waals surface area contributed by atoms with Crippen molar-refractivity contribution in [3.63, 3.8) is 0 Å². The average molecular weight is 281 g/mol. The maximum atomic E-state index is 11.4. The summed E-state index contributed by atoms with van der Waals surface area (Å²) in [4.78, 5) is 2.86. The summed E-state index contributed by atoms with van der Waals surface area (Å²) in [5.41, 5.74) is 1.23. The van der Waals surface area contributed by atoms with Crippen molar-refractivity contribution in [2.45, 2.75) is 43.0 Å². The summed E-state index contributed by atoms with van der Waals surface area (Å²) < 4.78 is 22.8. The first-order valence-corrected chi connectivity index (χ1v) is 8.85. The van der Waals surface area contributed by atoms with Crippen molar-refractivity contribution in [3.8, 4) is 0 Å². The summed E-state index contributed by atoms with van der Waals surface area (Å²) in [6.45, 7) is 1.21. The molecule has 1 heterocycles. The Morgan fingerprint density at radius 1 is 1.21 bits per heavy atom. The van der Waals surface area contributed by atoms with Crippen LogP contribution in [0.1, 0.15) is 31.2 Å². The number of rotatable bonds is 4. The third kappa shape index (κ3) is 4.05. The molecule has 0 N–H and O–H groups in total. The first-order chi connectivity index (χ1) is 8.97.